The highest BCUT2D eigenvalue weighted by Crippen LogP contribution is 2.54. The molecule has 6 nitrogen and oxygen atoms in total. The summed E-state index contributed by atoms with van der Waals surface area (Å²) in [5.74, 6) is 0.619. The Labute approximate surface area is 259 Å². The summed E-state index contributed by atoms with van der Waals surface area (Å²) in [5.41, 5.74) is 2.10. The van der Waals surface area contributed by atoms with Crippen LogP contribution in [0.1, 0.15) is 47.5 Å². The van der Waals surface area contributed by atoms with Crippen molar-refractivity contribution in [3.05, 3.63) is 118 Å². The lowest BCUT2D eigenvalue weighted by molar-refractivity contribution is -0.158. The van der Waals surface area contributed by atoms with E-state index in [4.69, 9.17) is 14.2 Å². The Morgan fingerprint density at radius 1 is 0.952 bits per heavy atom. The van der Waals surface area contributed by atoms with Gasteiger partial charge in [0.15, 0.2) is 17.6 Å². The molecule has 2 atom stereocenters. The molecule has 216 valence electrons. The summed E-state index contributed by atoms with van der Waals surface area (Å²) in [4.78, 5) is 28.8. The van der Waals surface area contributed by atoms with E-state index >= 15 is 0 Å². The fourth-order valence-electron chi connectivity index (χ4n) is 5.13. The maximum Gasteiger partial charge on any atom is 0.303 e. The van der Waals surface area contributed by atoms with Crippen molar-refractivity contribution >= 4 is 45.3 Å². The maximum absolute atomic E-state index is 13.8. The number of ether oxygens (including phenoxy) is 3. The number of fused-ring (bicyclic) bond motifs is 1. The molecule has 1 amide bonds. The lowest BCUT2D eigenvalue weighted by atomic mass is 9.89. The first kappa shape index (κ1) is 29.7. The third-order valence-corrected chi connectivity index (χ3v) is 8.87. The molecule has 0 saturated heterocycles. The van der Waals surface area contributed by atoms with E-state index < -0.39 is 11.7 Å². The quantitative estimate of drug-likeness (QED) is 0.180. The van der Waals surface area contributed by atoms with Crippen molar-refractivity contribution in [2.24, 2.45) is 0 Å². The highest BCUT2D eigenvalue weighted by atomic mass is 79.9. The van der Waals surface area contributed by atoms with Crippen LogP contribution in [0.3, 0.4) is 0 Å². The van der Waals surface area contributed by atoms with Gasteiger partial charge < -0.3 is 19.1 Å². The molecule has 0 unspecified atom stereocenters. The Morgan fingerprint density at radius 2 is 1.64 bits per heavy atom. The van der Waals surface area contributed by atoms with Gasteiger partial charge in [-0.25, -0.2) is 0 Å². The van der Waals surface area contributed by atoms with Crippen LogP contribution >= 0.6 is 27.7 Å². The molecular weight excluding hydrogens is 614 g/mol. The third-order valence-electron chi connectivity index (χ3n) is 7.07. The summed E-state index contributed by atoms with van der Waals surface area (Å²) in [6.07, 6.45) is -0.555. The SMILES string of the molecule is COc1c(CN(C(=O)c2ccccc2)c2cccc(Br)c2)ccc2c1OC(C)(C)[C@H](OC(C)=O)[C@H]2Sc1ccccc1. The highest BCUT2D eigenvalue weighted by molar-refractivity contribution is 9.10. The molecule has 1 aliphatic rings. The number of halogens is 1. The van der Waals surface area contributed by atoms with E-state index in [9.17, 15) is 9.59 Å². The topological polar surface area (TPSA) is 65.1 Å². The molecular formula is C34H32BrNO5S. The number of hydrogen-bond acceptors (Lipinski definition) is 6. The molecule has 0 aromatic heterocycles. The van der Waals surface area contributed by atoms with Gasteiger partial charge in [-0.05, 0) is 56.3 Å². The predicted octanol–water partition coefficient (Wildman–Crippen LogP) is 8.24. The second kappa shape index (κ2) is 12.6. The Morgan fingerprint density at radius 3 is 2.29 bits per heavy atom. The molecule has 0 aliphatic carbocycles. The first-order valence-corrected chi connectivity index (χ1v) is 15.3. The van der Waals surface area contributed by atoms with Crippen LogP contribution in [0.25, 0.3) is 0 Å². The molecule has 0 radical (unpaired) electrons. The molecule has 0 saturated carbocycles. The standard InChI is InChI=1S/C34H32BrNO5S/c1-22(37)40-32-31(42-27-16-9-6-10-17-27)28-19-18-24(29(39-4)30(28)41-34(32,2)3)21-36(26-15-11-14-25(35)20-26)33(38)23-12-7-5-8-13-23/h5-20,31-32H,21H2,1-4H3/t31-,32+/m0/s1. The summed E-state index contributed by atoms with van der Waals surface area (Å²) in [7, 11) is 1.61. The second-order valence-electron chi connectivity index (χ2n) is 10.5. The van der Waals surface area contributed by atoms with E-state index in [1.165, 1.54) is 6.92 Å². The summed E-state index contributed by atoms with van der Waals surface area (Å²) < 4.78 is 19.3. The first-order chi connectivity index (χ1) is 20.2. The van der Waals surface area contributed by atoms with Gasteiger partial charge in [0.1, 0.15) is 5.60 Å². The highest BCUT2D eigenvalue weighted by Gasteiger charge is 2.48. The van der Waals surface area contributed by atoms with Crippen molar-refractivity contribution in [1.29, 1.82) is 0 Å². The van der Waals surface area contributed by atoms with Crippen LogP contribution in [0.5, 0.6) is 11.5 Å². The Bertz CT molecular complexity index is 1580. The number of carbonyl (C=O) groups excluding carboxylic acids is 2. The summed E-state index contributed by atoms with van der Waals surface area (Å²) in [6, 6.07) is 30.8. The van der Waals surface area contributed by atoms with E-state index in [0.717, 1.165) is 26.2 Å². The van der Waals surface area contributed by atoms with Crippen LogP contribution in [0.15, 0.2) is 106 Å². The zero-order valence-corrected chi connectivity index (χ0v) is 26.3. The molecule has 0 N–H and O–H groups in total. The van der Waals surface area contributed by atoms with Gasteiger partial charge in [-0.15, -0.1) is 11.8 Å². The minimum atomic E-state index is -0.860. The van der Waals surface area contributed by atoms with Crippen molar-refractivity contribution in [1.82, 2.24) is 0 Å². The smallest absolute Gasteiger partial charge is 0.303 e. The van der Waals surface area contributed by atoms with Gasteiger partial charge in [0.05, 0.1) is 18.9 Å². The summed E-state index contributed by atoms with van der Waals surface area (Å²) >= 11 is 5.16. The van der Waals surface area contributed by atoms with Gasteiger partial charge in [0.2, 0.25) is 0 Å². The number of thioether (sulfide) groups is 1. The number of rotatable bonds is 8. The number of benzene rings is 4. The van der Waals surface area contributed by atoms with Crippen LogP contribution in [0.4, 0.5) is 5.69 Å². The number of nitrogens with zero attached hydrogens (tertiary/aromatic N) is 1. The molecule has 4 aromatic carbocycles. The molecule has 0 fully saturated rings. The first-order valence-electron chi connectivity index (χ1n) is 13.6. The van der Waals surface area contributed by atoms with Crippen LogP contribution in [0.2, 0.25) is 0 Å². The van der Waals surface area contributed by atoms with Gasteiger partial charge >= 0.3 is 5.97 Å². The van der Waals surface area contributed by atoms with Crippen molar-refractivity contribution in [3.8, 4) is 11.5 Å². The van der Waals surface area contributed by atoms with E-state index in [1.54, 1.807) is 23.8 Å². The van der Waals surface area contributed by atoms with Crippen LogP contribution in [-0.2, 0) is 16.1 Å². The van der Waals surface area contributed by atoms with Crippen molar-refractivity contribution in [3.63, 3.8) is 0 Å². The number of anilines is 1. The third kappa shape index (κ3) is 6.35. The predicted molar refractivity (Wildman–Crippen MR) is 169 cm³/mol. The number of methoxy groups -OCH3 is 1. The minimum Gasteiger partial charge on any atom is -0.492 e. The van der Waals surface area contributed by atoms with Gasteiger partial charge in [0.25, 0.3) is 5.91 Å². The second-order valence-corrected chi connectivity index (χ2v) is 12.6. The molecule has 4 aromatic rings. The maximum atomic E-state index is 13.8. The zero-order chi connectivity index (χ0) is 29.9. The van der Waals surface area contributed by atoms with E-state index in [-0.39, 0.29) is 23.7 Å². The molecule has 1 aliphatic heterocycles. The number of esters is 1. The number of amides is 1. The Balaban J connectivity index is 1.60. The van der Waals surface area contributed by atoms with E-state index in [0.29, 0.717) is 17.1 Å². The Kier molecular flexibility index (Phi) is 8.94. The lowest BCUT2D eigenvalue weighted by Crippen LogP contribution is -2.50. The molecule has 1 heterocycles. The van der Waals surface area contributed by atoms with Gasteiger partial charge in [0, 0.05) is 38.7 Å². The fourth-order valence-corrected chi connectivity index (χ4v) is 6.94. The van der Waals surface area contributed by atoms with Crippen LogP contribution in [-0.4, -0.2) is 30.7 Å². The number of carbonyl (C=O) groups is 2. The number of hydrogen-bond donors (Lipinski definition) is 0. The normalized spacial score (nSPS) is 17.0. The molecule has 42 heavy (non-hydrogen) atoms. The van der Waals surface area contributed by atoms with Gasteiger partial charge in [-0.3, -0.25) is 9.59 Å². The summed E-state index contributed by atoms with van der Waals surface area (Å²) in [6.45, 7) is 5.50. The average molecular weight is 647 g/mol. The minimum absolute atomic E-state index is 0.137. The zero-order valence-electron chi connectivity index (χ0n) is 23.9. The molecule has 0 bridgehead atoms. The lowest BCUT2D eigenvalue weighted by Gasteiger charge is -2.44. The monoisotopic (exact) mass is 645 g/mol. The molecule has 8 heteroatoms. The van der Waals surface area contributed by atoms with Crippen molar-refractivity contribution in [2.75, 3.05) is 12.0 Å². The van der Waals surface area contributed by atoms with Gasteiger partial charge in [-0.1, -0.05) is 70.5 Å². The van der Waals surface area contributed by atoms with Crippen molar-refractivity contribution < 1.29 is 23.8 Å². The largest absolute Gasteiger partial charge is 0.492 e. The average Bonchev–Trinajstić information content (AvgIpc) is 2.97. The Hall–Kier alpha value is -3.75. The fraction of sp³-hybridized carbons (Fsp3) is 0.235. The van der Waals surface area contributed by atoms with E-state index in [2.05, 4.69) is 15.9 Å². The van der Waals surface area contributed by atoms with E-state index in [1.807, 2.05) is 111 Å². The van der Waals surface area contributed by atoms with Crippen LogP contribution < -0.4 is 14.4 Å². The molecule has 5 rings (SSSR count). The van der Waals surface area contributed by atoms with Crippen molar-refractivity contribution in [2.45, 2.75) is 49.2 Å². The summed E-state index contributed by atoms with van der Waals surface area (Å²) in [5, 5.41) is -0.259. The molecule has 0 spiro atoms. The van der Waals surface area contributed by atoms with Crippen LogP contribution in [0, 0.1) is 0 Å². The van der Waals surface area contributed by atoms with Gasteiger partial charge in [-0.2, -0.15) is 0 Å².